The molecule has 0 aromatic carbocycles. The first-order valence-electron chi connectivity index (χ1n) is 5.68. The molecule has 1 atom stereocenters. The van der Waals surface area contributed by atoms with Crippen molar-refractivity contribution < 1.29 is 0 Å². The number of nitrogens with two attached hydrogens (primary N) is 1. The molecule has 0 radical (unpaired) electrons. The number of nitrogens with zero attached hydrogens (tertiary/aromatic N) is 1. The number of rotatable bonds is 1. The molecule has 3 N–H and O–H groups in total. The summed E-state index contributed by atoms with van der Waals surface area (Å²) in [4.78, 5) is 4.17. The van der Waals surface area contributed by atoms with Crippen LogP contribution in [0, 0.1) is 0 Å². The quantitative estimate of drug-likeness (QED) is 0.737. The molecule has 15 heavy (non-hydrogen) atoms. The molecule has 3 heteroatoms. The van der Waals surface area contributed by atoms with Crippen LogP contribution in [0.4, 0.5) is 5.82 Å². The minimum Gasteiger partial charge on any atom is -0.383 e. The van der Waals surface area contributed by atoms with Gasteiger partial charge >= 0.3 is 0 Å². The fraction of sp³-hybridized carbons (Fsp3) is 0.583. The van der Waals surface area contributed by atoms with Crippen LogP contribution in [0.25, 0.3) is 0 Å². The summed E-state index contributed by atoms with van der Waals surface area (Å²) in [6, 6.07) is 4.05. The zero-order valence-corrected chi connectivity index (χ0v) is 9.29. The van der Waals surface area contributed by atoms with Crippen LogP contribution in [0.3, 0.4) is 0 Å². The lowest BCUT2D eigenvalue weighted by Gasteiger charge is -2.30. The summed E-state index contributed by atoms with van der Waals surface area (Å²) >= 11 is 0. The third-order valence-electron chi connectivity index (χ3n) is 3.30. The van der Waals surface area contributed by atoms with E-state index < -0.39 is 0 Å². The highest BCUT2D eigenvalue weighted by Crippen LogP contribution is 2.31. The maximum atomic E-state index is 5.94. The summed E-state index contributed by atoms with van der Waals surface area (Å²) in [7, 11) is 0. The highest BCUT2D eigenvalue weighted by Gasteiger charge is 2.29. The van der Waals surface area contributed by atoms with Gasteiger partial charge in [-0.1, -0.05) is 18.9 Å². The van der Waals surface area contributed by atoms with E-state index in [1.807, 2.05) is 6.07 Å². The van der Waals surface area contributed by atoms with Gasteiger partial charge < -0.3 is 11.1 Å². The van der Waals surface area contributed by atoms with Crippen LogP contribution in [0.2, 0.25) is 0 Å². The predicted molar refractivity (Wildman–Crippen MR) is 62.5 cm³/mol. The van der Waals surface area contributed by atoms with Crippen LogP contribution < -0.4 is 11.1 Å². The second-order valence-corrected chi connectivity index (χ2v) is 4.51. The van der Waals surface area contributed by atoms with Crippen LogP contribution in [-0.2, 0) is 5.54 Å². The van der Waals surface area contributed by atoms with Crippen LogP contribution in [0.15, 0.2) is 18.3 Å². The van der Waals surface area contributed by atoms with E-state index in [0.29, 0.717) is 5.82 Å². The molecule has 2 rings (SSSR count). The summed E-state index contributed by atoms with van der Waals surface area (Å²) < 4.78 is 0. The van der Waals surface area contributed by atoms with Gasteiger partial charge in [-0.15, -0.1) is 0 Å². The van der Waals surface area contributed by atoms with Gasteiger partial charge in [-0.25, -0.2) is 4.98 Å². The molecule has 0 amide bonds. The van der Waals surface area contributed by atoms with Crippen molar-refractivity contribution >= 4 is 5.82 Å². The number of nitrogens with one attached hydrogen (secondary N) is 1. The molecule has 0 bridgehead atoms. The Hall–Kier alpha value is -1.09. The maximum Gasteiger partial charge on any atom is 0.128 e. The lowest BCUT2D eigenvalue weighted by Crippen LogP contribution is -2.39. The van der Waals surface area contributed by atoms with Crippen molar-refractivity contribution in [3.8, 4) is 0 Å². The SMILES string of the molecule is CC1(c2cccnc2N)CCCCCN1. The van der Waals surface area contributed by atoms with Crippen molar-refractivity contribution in [2.45, 2.75) is 38.1 Å². The molecule has 0 spiro atoms. The first kappa shape index (κ1) is 10.4. The van der Waals surface area contributed by atoms with Gasteiger partial charge in [0.15, 0.2) is 0 Å². The van der Waals surface area contributed by atoms with E-state index in [1.165, 1.54) is 19.3 Å². The molecular weight excluding hydrogens is 186 g/mol. The Labute approximate surface area is 91.1 Å². The fourth-order valence-corrected chi connectivity index (χ4v) is 2.35. The molecule has 2 heterocycles. The second kappa shape index (κ2) is 4.19. The molecule has 82 valence electrons. The first-order valence-corrected chi connectivity index (χ1v) is 5.68. The molecule has 1 saturated heterocycles. The Bertz CT molecular complexity index is 327. The molecule has 1 aliphatic rings. The first-order chi connectivity index (χ1) is 7.22. The Morgan fingerprint density at radius 2 is 2.27 bits per heavy atom. The van der Waals surface area contributed by atoms with Crippen molar-refractivity contribution in [3.05, 3.63) is 23.9 Å². The van der Waals surface area contributed by atoms with E-state index in [2.05, 4.69) is 23.3 Å². The molecule has 0 aliphatic carbocycles. The number of anilines is 1. The highest BCUT2D eigenvalue weighted by molar-refractivity contribution is 5.43. The molecule has 3 nitrogen and oxygen atoms in total. The topological polar surface area (TPSA) is 50.9 Å². The minimum absolute atomic E-state index is 0.00877. The van der Waals surface area contributed by atoms with Crippen molar-refractivity contribution in [2.75, 3.05) is 12.3 Å². The molecule has 0 saturated carbocycles. The summed E-state index contributed by atoms with van der Waals surface area (Å²) in [5.41, 5.74) is 7.09. The van der Waals surface area contributed by atoms with Gasteiger partial charge in [0.05, 0.1) is 0 Å². The van der Waals surface area contributed by atoms with Crippen LogP contribution in [-0.4, -0.2) is 11.5 Å². The standard InChI is InChI=1S/C12H19N3/c1-12(7-3-2-4-9-15-12)10-6-5-8-14-11(10)13/h5-6,8,15H,2-4,7,9H2,1H3,(H2,13,14). The van der Waals surface area contributed by atoms with E-state index in [-0.39, 0.29) is 5.54 Å². The summed E-state index contributed by atoms with van der Waals surface area (Å²) in [6.07, 6.45) is 6.72. The Morgan fingerprint density at radius 1 is 1.40 bits per heavy atom. The normalized spacial score (nSPS) is 27.3. The third kappa shape index (κ3) is 2.12. The van der Waals surface area contributed by atoms with E-state index in [4.69, 9.17) is 5.73 Å². The monoisotopic (exact) mass is 205 g/mol. The summed E-state index contributed by atoms with van der Waals surface area (Å²) in [5, 5.41) is 3.60. The zero-order chi connectivity index (χ0) is 10.7. The Kier molecular flexibility index (Phi) is 2.91. The number of nitrogen functional groups attached to an aromatic ring is 1. The Morgan fingerprint density at radius 3 is 3.07 bits per heavy atom. The van der Waals surface area contributed by atoms with E-state index in [9.17, 15) is 0 Å². The molecule has 1 unspecified atom stereocenters. The lowest BCUT2D eigenvalue weighted by molar-refractivity contribution is 0.360. The fourth-order valence-electron chi connectivity index (χ4n) is 2.35. The van der Waals surface area contributed by atoms with Gasteiger partial charge in [-0.05, 0) is 32.4 Å². The van der Waals surface area contributed by atoms with Gasteiger partial charge in [0.25, 0.3) is 0 Å². The van der Waals surface area contributed by atoms with Crippen LogP contribution in [0.5, 0.6) is 0 Å². The van der Waals surface area contributed by atoms with Gasteiger partial charge in [0.2, 0.25) is 0 Å². The van der Waals surface area contributed by atoms with Crippen molar-refractivity contribution in [1.82, 2.24) is 10.3 Å². The van der Waals surface area contributed by atoms with Crippen molar-refractivity contribution in [3.63, 3.8) is 0 Å². The lowest BCUT2D eigenvalue weighted by atomic mass is 9.88. The number of aromatic nitrogens is 1. The maximum absolute atomic E-state index is 5.94. The highest BCUT2D eigenvalue weighted by atomic mass is 15.0. The van der Waals surface area contributed by atoms with Gasteiger partial charge in [-0.3, -0.25) is 0 Å². The van der Waals surface area contributed by atoms with Crippen molar-refractivity contribution in [2.24, 2.45) is 0 Å². The molecule has 1 aliphatic heterocycles. The van der Waals surface area contributed by atoms with E-state index in [1.54, 1.807) is 6.20 Å². The van der Waals surface area contributed by atoms with E-state index in [0.717, 1.165) is 18.5 Å². The Balaban J connectivity index is 2.30. The number of pyridine rings is 1. The number of hydrogen-bond donors (Lipinski definition) is 2. The second-order valence-electron chi connectivity index (χ2n) is 4.51. The van der Waals surface area contributed by atoms with Crippen LogP contribution in [0.1, 0.15) is 38.2 Å². The molecule has 1 aromatic heterocycles. The predicted octanol–water partition coefficient (Wildman–Crippen LogP) is 2.04. The molecule has 1 aromatic rings. The number of hydrogen-bond acceptors (Lipinski definition) is 3. The smallest absolute Gasteiger partial charge is 0.128 e. The molecule has 1 fully saturated rings. The average Bonchev–Trinajstić information content (AvgIpc) is 2.44. The van der Waals surface area contributed by atoms with Gasteiger partial charge in [0.1, 0.15) is 5.82 Å². The van der Waals surface area contributed by atoms with Crippen LogP contribution >= 0.6 is 0 Å². The molecular formula is C12H19N3. The van der Waals surface area contributed by atoms with E-state index >= 15 is 0 Å². The summed E-state index contributed by atoms with van der Waals surface area (Å²) in [5.74, 6) is 0.661. The average molecular weight is 205 g/mol. The van der Waals surface area contributed by atoms with Crippen molar-refractivity contribution in [1.29, 1.82) is 0 Å². The van der Waals surface area contributed by atoms with Gasteiger partial charge in [-0.2, -0.15) is 0 Å². The zero-order valence-electron chi connectivity index (χ0n) is 9.29. The van der Waals surface area contributed by atoms with Gasteiger partial charge in [0, 0.05) is 17.3 Å². The third-order valence-corrected chi connectivity index (χ3v) is 3.30. The minimum atomic E-state index is 0.00877. The summed E-state index contributed by atoms with van der Waals surface area (Å²) in [6.45, 7) is 3.30. The largest absolute Gasteiger partial charge is 0.383 e.